The summed E-state index contributed by atoms with van der Waals surface area (Å²) in [5, 5.41) is 3.27. The molecule has 1 fully saturated rings. The van der Waals surface area contributed by atoms with E-state index in [4.69, 9.17) is 9.97 Å². The van der Waals surface area contributed by atoms with Gasteiger partial charge in [-0.15, -0.1) is 0 Å². The molecule has 3 aromatic rings. The summed E-state index contributed by atoms with van der Waals surface area (Å²) in [6.45, 7) is 6.51. The number of aromatic nitrogens is 4. The molecule has 0 atom stereocenters. The summed E-state index contributed by atoms with van der Waals surface area (Å²) in [7, 11) is 0. The van der Waals surface area contributed by atoms with E-state index in [1.165, 1.54) is 31.4 Å². The van der Waals surface area contributed by atoms with Crippen LogP contribution in [0.5, 0.6) is 0 Å². The van der Waals surface area contributed by atoms with Crippen molar-refractivity contribution < 1.29 is 8.78 Å². The zero-order valence-electron chi connectivity index (χ0n) is 17.8. The van der Waals surface area contributed by atoms with Crippen molar-refractivity contribution in [1.29, 1.82) is 0 Å². The van der Waals surface area contributed by atoms with Gasteiger partial charge in [0.1, 0.15) is 11.3 Å². The van der Waals surface area contributed by atoms with Gasteiger partial charge in [-0.25, -0.2) is 23.7 Å². The lowest BCUT2D eigenvalue weighted by Crippen LogP contribution is -2.16. The van der Waals surface area contributed by atoms with Crippen molar-refractivity contribution >= 4 is 22.8 Å². The Kier molecular flexibility index (Phi) is 5.71. The molecule has 4 rings (SSSR count). The topological polar surface area (TPSA) is 55.6 Å². The van der Waals surface area contributed by atoms with Crippen LogP contribution in [0.4, 0.5) is 20.4 Å². The van der Waals surface area contributed by atoms with Gasteiger partial charge in [0, 0.05) is 23.7 Å². The second-order valence-corrected chi connectivity index (χ2v) is 9.38. The van der Waals surface area contributed by atoms with E-state index in [2.05, 4.69) is 35.6 Å². The van der Waals surface area contributed by atoms with Crippen LogP contribution in [-0.4, -0.2) is 19.5 Å². The van der Waals surface area contributed by atoms with Crippen LogP contribution in [0.1, 0.15) is 76.7 Å². The van der Waals surface area contributed by atoms with Crippen molar-refractivity contribution in [1.82, 2.24) is 19.5 Å². The number of halogens is 2. The first kappa shape index (κ1) is 20.7. The molecule has 30 heavy (non-hydrogen) atoms. The summed E-state index contributed by atoms with van der Waals surface area (Å²) >= 11 is 0. The Morgan fingerprint density at radius 3 is 2.60 bits per heavy atom. The highest BCUT2D eigenvalue weighted by molar-refractivity contribution is 5.75. The molecule has 2 heterocycles. The molecule has 1 aliphatic carbocycles. The van der Waals surface area contributed by atoms with Crippen LogP contribution in [0.3, 0.4) is 0 Å². The van der Waals surface area contributed by atoms with Crippen molar-refractivity contribution in [3.05, 3.63) is 41.9 Å². The summed E-state index contributed by atoms with van der Waals surface area (Å²) in [5.74, 6) is 1.45. The number of hydrogen-bond acceptors (Lipinski definition) is 4. The lowest BCUT2D eigenvalue weighted by Gasteiger charge is -2.25. The van der Waals surface area contributed by atoms with E-state index in [9.17, 15) is 8.78 Å². The fourth-order valence-corrected chi connectivity index (χ4v) is 4.14. The largest absolute Gasteiger partial charge is 0.326 e. The van der Waals surface area contributed by atoms with Crippen LogP contribution in [0.15, 0.2) is 30.5 Å². The van der Waals surface area contributed by atoms with Gasteiger partial charge in [-0.2, -0.15) is 0 Å². The Morgan fingerprint density at radius 1 is 1.13 bits per heavy atom. The van der Waals surface area contributed by atoms with Gasteiger partial charge in [-0.05, 0) is 30.4 Å². The van der Waals surface area contributed by atoms with Gasteiger partial charge < -0.3 is 5.32 Å². The molecule has 0 bridgehead atoms. The fraction of sp³-hybridized carbons (Fsp3) is 0.522. The van der Waals surface area contributed by atoms with Crippen LogP contribution >= 0.6 is 0 Å². The average molecular weight is 414 g/mol. The number of hydrogen-bond donors (Lipinski definition) is 1. The Morgan fingerprint density at radius 2 is 1.90 bits per heavy atom. The normalized spacial score (nSPS) is 15.8. The third-order valence-corrected chi connectivity index (χ3v) is 5.51. The van der Waals surface area contributed by atoms with Gasteiger partial charge >= 0.3 is 0 Å². The zero-order valence-corrected chi connectivity index (χ0v) is 17.8. The van der Waals surface area contributed by atoms with Gasteiger partial charge in [0.15, 0.2) is 5.65 Å². The third kappa shape index (κ3) is 4.60. The van der Waals surface area contributed by atoms with Crippen LogP contribution in [0.25, 0.3) is 11.2 Å². The number of imidazole rings is 1. The molecule has 0 spiro atoms. The van der Waals surface area contributed by atoms with E-state index < -0.39 is 6.43 Å². The van der Waals surface area contributed by atoms with Crippen LogP contribution in [0, 0.1) is 5.41 Å². The molecule has 1 aromatic carbocycles. The molecule has 1 aliphatic rings. The molecule has 5 nitrogen and oxygen atoms in total. The van der Waals surface area contributed by atoms with E-state index in [1.54, 1.807) is 18.3 Å². The van der Waals surface area contributed by atoms with E-state index in [0.717, 1.165) is 36.3 Å². The minimum Gasteiger partial charge on any atom is -0.326 e. The first-order valence-electron chi connectivity index (χ1n) is 10.7. The Balaban J connectivity index is 1.76. The molecule has 1 N–H and O–H groups in total. The SMILES string of the molecule is CC(C)(C)Cc1ncc2nc(Nc3cccc(C(F)F)c3)n(C3CCCCC3)c2n1. The monoisotopic (exact) mass is 413 g/mol. The Hall–Kier alpha value is -2.57. The minimum atomic E-state index is -2.50. The molecule has 0 aliphatic heterocycles. The molecule has 0 saturated heterocycles. The average Bonchev–Trinajstić information content (AvgIpc) is 3.04. The maximum atomic E-state index is 13.1. The van der Waals surface area contributed by atoms with Crippen molar-refractivity contribution in [3.8, 4) is 0 Å². The van der Waals surface area contributed by atoms with E-state index in [-0.39, 0.29) is 11.0 Å². The molecule has 0 radical (unpaired) electrons. The molecule has 160 valence electrons. The molecule has 0 amide bonds. The third-order valence-electron chi connectivity index (χ3n) is 5.51. The molecular formula is C23H29F2N5. The molecule has 7 heteroatoms. The van der Waals surface area contributed by atoms with E-state index in [1.807, 2.05) is 0 Å². The first-order chi connectivity index (χ1) is 14.3. The molecule has 1 saturated carbocycles. The molecule has 2 aromatic heterocycles. The zero-order chi connectivity index (χ0) is 21.3. The highest BCUT2D eigenvalue weighted by Crippen LogP contribution is 2.35. The molecule has 0 unspecified atom stereocenters. The lowest BCUT2D eigenvalue weighted by atomic mass is 9.92. The number of nitrogens with zero attached hydrogens (tertiary/aromatic N) is 4. The van der Waals surface area contributed by atoms with E-state index in [0.29, 0.717) is 17.7 Å². The van der Waals surface area contributed by atoms with Gasteiger partial charge in [0.25, 0.3) is 6.43 Å². The Labute approximate surface area is 176 Å². The van der Waals surface area contributed by atoms with Crippen molar-refractivity contribution in [2.75, 3.05) is 5.32 Å². The van der Waals surface area contributed by atoms with Gasteiger partial charge in [-0.1, -0.05) is 52.2 Å². The second-order valence-electron chi connectivity index (χ2n) is 9.38. The lowest BCUT2D eigenvalue weighted by molar-refractivity contribution is 0.151. The van der Waals surface area contributed by atoms with Crippen molar-refractivity contribution in [3.63, 3.8) is 0 Å². The molecular weight excluding hydrogens is 384 g/mol. The van der Waals surface area contributed by atoms with Crippen molar-refractivity contribution in [2.45, 2.75) is 71.8 Å². The van der Waals surface area contributed by atoms with Gasteiger partial charge in [0.2, 0.25) is 5.95 Å². The number of rotatable bonds is 5. The maximum absolute atomic E-state index is 13.1. The minimum absolute atomic E-state index is 0.00687. The van der Waals surface area contributed by atoms with Crippen LogP contribution in [0.2, 0.25) is 0 Å². The summed E-state index contributed by atoms with van der Waals surface area (Å²) in [5.41, 5.74) is 2.23. The summed E-state index contributed by atoms with van der Waals surface area (Å²) in [6, 6.07) is 6.63. The summed E-state index contributed by atoms with van der Waals surface area (Å²) in [4.78, 5) is 14.1. The van der Waals surface area contributed by atoms with Gasteiger partial charge in [-0.3, -0.25) is 4.57 Å². The number of anilines is 2. The predicted molar refractivity (Wildman–Crippen MR) is 115 cm³/mol. The first-order valence-corrected chi connectivity index (χ1v) is 10.7. The highest BCUT2D eigenvalue weighted by Gasteiger charge is 2.24. The smallest absolute Gasteiger partial charge is 0.263 e. The van der Waals surface area contributed by atoms with E-state index >= 15 is 0 Å². The summed E-state index contributed by atoms with van der Waals surface area (Å²) < 4.78 is 28.4. The summed E-state index contributed by atoms with van der Waals surface area (Å²) in [6.07, 6.45) is 5.77. The standard InChI is InChI=1S/C23H29F2N5/c1-23(2,3)13-19-26-14-18-21(29-19)30(17-10-5-4-6-11-17)22(28-18)27-16-9-7-8-15(12-16)20(24)25/h7-9,12,14,17,20H,4-6,10-11,13H2,1-3H3,(H,27,28). The number of fused-ring (bicyclic) bond motifs is 1. The Bertz CT molecular complexity index is 1020. The van der Waals surface area contributed by atoms with Gasteiger partial charge in [0.05, 0.1) is 6.20 Å². The number of benzene rings is 1. The maximum Gasteiger partial charge on any atom is 0.263 e. The number of alkyl halides is 2. The second kappa shape index (κ2) is 8.28. The van der Waals surface area contributed by atoms with Crippen LogP contribution < -0.4 is 5.32 Å². The fourth-order valence-electron chi connectivity index (χ4n) is 4.14. The highest BCUT2D eigenvalue weighted by atomic mass is 19.3. The predicted octanol–water partition coefficient (Wildman–Crippen LogP) is 6.60. The van der Waals surface area contributed by atoms with Crippen molar-refractivity contribution in [2.24, 2.45) is 5.41 Å². The quantitative estimate of drug-likeness (QED) is 0.512. The number of nitrogens with one attached hydrogen (secondary N) is 1. The van der Waals surface area contributed by atoms with Crippen LogP contribution in [-0.2, 0) is 6.42 Å².